The van der Waals surface area contributed by atoms with E-state index >= 15 is 0 Å². The van der Waals surface area contributed by atoms with Crippen molar-refractivity contribution in [3.63, 3.8) is 0 Å². The molecule has 0 atom stereocenters. The number of hydrogen-bond acceptors (Lipinski definition) is 1. The number of benzene rings is 1. The van der Waals surface area contributed by atoms with Crippen molar-refractivity contribution in [2.24, 2.45) is 0 Å². The number of alkyl halides is 1. The summed E-state index contributed by atoms with van der Waals surface area (Å²) in [6, 6.07) is 2.79. The summed E-state index contributed by atoms with van der Waals surface area (Å²) in [5, 5.41) is 0. The third kappa shape index (κ3) is 1.72. The maximum Gasteiger partial charge on any atom is 0.228 e. The summed E-state index contributed by atoms with van der Waals surface area (Å²) in [5.74, 6) is -0.128. The number of rotatable bonds is 2. The van der Waals surface area contributed by atoms with Gasteiger partial charge in [0.25, 0.3) is 0 Å². The van der Waals surface area contributed by atoms with Gasteiger partial charge in [0.15, 0.2) is 0 Å². The van der Waals surface area contributed by atoms with Gasteiger partial charge in [-0.25, -0.2) is 8.78 Å². The fourth-order valence-corrected chi connectivity index (χ4v) is 0.931. The fourth-order valence-electron chi connectivity index (χ4n) is 0.931. The quantitative estimate of drug-likeness (QED) is 0.666. The van der Waals surface area contributed by atoms with E-state index in [4.69, 9.17) is 0 Å². The highest BCUT2D eigenvalue weighted by Gasteiger charge is 2.03. The Morgan fingerprint density at radius 1 is 1.33 bits per heavy atom. The normalized spacial score (nSPS) is 10.0. The molecule has 0 N–H and O–H groups in total. The molecule has 0 bridgehead atoms. The fraction of sp³-hybridized carbons (Fsp3) is 0.333. The van der Waals surface area contributed by atoms with Crippen LogP contribution in [0.15, 0.2) is 12.1 Å². The molecule has 1 nitrogen and oxygen atoms in total. The molecule has 0 unspecified atom stereocenters. The van der Waals surface area contributed by atoms with Crippen LogP contribution in [-0.4, -0.2) is 6.86 Å². The van der Waals surface area contributed by atoms with Crippen molar-refractivity contribution in [1.29, 1.82) is 0 Å². The average molecular weight is 172 g/mol. The Hall–Kier alpha value is -1.12. The number of ether oxygens (including phenoxy) is 1. The van der Waals surface area contributed by atoms with E-state index in [0.717, 1.165) is 5.56 Å². The van der Waals surface area contributed by atoms with Crippen LogP contribution in [0.4, 0.5) is 8.78 Å². The second-order valence-corrected chi connectivity index (χ2v) is 2.60. The van der Waals surface area contributed by atoms with Crippen LogP contribution in [0.1, 0.15) is 11.1 Å². The summed E-state index contributed by atoms with van der Waals surface area (Å²) in [5.41, 5.74) is 1.33. The Kier molecular flexibility index (Phi) is 2.63. The maximum absolute atomic E-state index is 13.0. The minimum Gasteiger partial charge on any atom is -0.463 e. The van der Waals surface area contributed by atoms with E-state index in [0.29, 0.717) is 5.56 Å². The highest BCUT2D eigenvalue weighted by atomic mass is 19.1. The molecule has 0 aliphatic heterocycles. The highest BCUT2D eigenvalue weighted by molar-refractivity contribution is 5.35. The SMILES string of the molecule is Cc1cc(OCF)cc(F)c1C. The second-order valence-electron chi connectivity index (χ2n) is 2.60. The molecule has 0 saturated carbocycles. The standard InChI is InChI=1S/C9H10F2O/c1-6-3-8(12-5-10)4-9(11)7(6)2/h3-4H,5H2,1-2H3. The lowest BCUT2D eigenvalue weighted by Gasteiger charge is -2.05. The zero-order valence-electron chi connectivity index (χ0n) is 7.03. The van der Waals surface area contributed by atoms with E-state index in [-0.39, 0.29) is 11.6 Å². The molecule has 1 aromatic rings. The number of hydrogen-bond donors (Lipinski definition) is 0. The van der Waals surface area contributed by atoms with Crippen molar-refractivity contribution in [2.45, 2.75) is 13.8 Å². The molecule has 0 aromatic heterocycles. The first-order chi connectivity index (χ1) is 5.65. The van der Waals surface area contributed by atoms with Crippen molar-refractivity contribution < 1.29 is 13.5 Å². The first kappa shape index (κ1) is 8.97. The molecule has 0 amide bonds. The Morgan fingerprint density at radius 2 is 2.00 bits per heavy atom. The molecule has 0 fully saturated rings. The molecule has 0 saturated heterocycles. The van der Waals surface area contributed by atoms with Crippen molar-refractivity contribution in [3.05, 3.63) is 29.1 Å². The highest BCUT2D eigenvalue weighted by Crippen LogP contribution is 2.20. The molecule has 0 aliphatic carbocycles. The molecule has 12 heavy (non-hydrogen) atoms. The van der Waals surface area contributed by atoms with Gasteiger partial charge >= 0.3 is 0 Å². The summed E-state index contributed by atoms with van der Waals surface area (Å²) >= 11 is 0. The van der Waals surface area contributed by atoms with Gasteiger partial charge in [-0.15, -0.1) is 0 Å². The zero-order chi connectivity index (χ0) is 9.14. The molecular weight excluding hydrogens is 162 g/mol. The summed E-state index contributed by atoms with van der Waals surface area (Å²) < 4.78 is 29.2. The predicted molar refractivity (Wildman–Crippen MR) is 42.5 cm³/mol. The van der Waals surface area contributed by atoms with Crippen LogP contribution in [-0.2, 0) is 0 Å². The Balaban J connectivity index is 3.04. The monoisotopic (exact) mass is 172 g/mol. The van der Waals surface area contributed by atoms with Crippen LogP contribution in [0.2, 0.25) is 0 Å². The van der Waals surface area contributed by atoms with Gasteiger partial charge in [-0.2, -0.15) is 0 Å². The molecule has 3 heteroatoms. The van der Waals surface area contributed by atoms with Gasteiger partial charge in [0, 0.05) is 6.07 Å². The Labute approximate surface area is 70.0 Å². The number of halogens is 2. The summed E-state index contributed by atoms with van der Waals surface area (Å²) in [6.45, 7) is 2.50. The molecule has 0 spiro atoms. The Bertz CT molecular complexity index is 261. The molecule has 0 radical (unpaired) electrons. The van der Waals surface area contributed by atoms with Gasteiger partial charge in [0.05, 0.1) is 0 Å². The molecule has 1 aromatic carbocycles. The van der Waals surface area contributed by atoms with E-state index in [2.05, 4.69) is 4.74 Å². The first-order valence-electron chi connectivity index (χ1n) is 3.60. The minimum atomic E-state index is -0.929. The predicted octanol–water partition coefficient (Wildman–Crippen LogP) is 2.75. The van der Waals surface area contributed by atoms with E-state index in [1.165, 1.54) is 6.07 Å². The van der Waals surface area contributed by atoms with Gasteiger partial charge in [-0.3, -0.25) is 0 Å². The van der Waals surface area contributed by atoms with Crippen molar-refractivity contribution in [1.82, 2.24) is 0 Å². The third-order valence-electron chi connectivity index (χ3n) is 1.80. The lowest BCUT2D eigenvalue weighted by molar-refractivity contribution is 0.191. The summed E-state index contributed by atoms with van der Waals surface area (Å²) in [6.07, 6.45) is 0. The molecule has 0 aliphatic rings. The lowest BCUT2D eigenvalue weighted by atomic mass is 10.1. The maximum atomic E-state index is 13.0. The van der Waals surface area contributed by atoms with E-state index in [1.807, 2.05) is 0 Å². The number of aryl methyl sites for hydroxylation is 1. The van der Waals surface area contributed by atoms with Crippen LogP contribution < -0.4 is 4.74 Å². The smallest absolute Gasteiger partial charge is 0.228 e. The largest absolute Gasteiger partial charge is 0.463 e. The van der Waals surface area contributed by atoms with Crippen LogP contribution in [0.25, 0.3) is 0 Å². The van der Waals surface area contributed by atoms with E-state index < -0.39 is 6.86 Å². The van der Waals surface area contributed by atoms with Gasteiger partial charge in [-0.05, 0) is 31.0 Å². The lowest BCUT2D eigenvalue weighted by Crippen LogP contribution is -1.94. The second kappa shape index (κ2) is 3.52. The van der Waals surface area contributed by atoms with Crippen LogP contribution >= 0.6 is 0 Å². The molecular formula is C9H10F2O. The Morgan fingerprint density at radius 3 is 2.50 bits per heavy atom. The van der Waals surface area contributed by atoms with Crippen molar-refractivity contribution in [2.75, 3.05) is 6.86 Å². The molecule has 0 heterocycles. The first-order valence-corrected chi connectivity index (χ1v) is 3.60. The van der Waals surface area contributed by atoms with Crippen molar-refractivity contribution >= 4 is 0 Å². The van der Waals surface area contributed by atoms with Gasteiger partial charge in [0.1, 0.15) is 11.6 Å². The van der Waals surface area contributed by atoms with Crippen LogP contribution in [0.5, 0.6) is 5.75 Å². The third-order valence-corrected chi connectivity index (χ3v) is 1.80. The van der Waals surface area contributed by atoms with E-state index in [9.17, 15) is 8.78 Å². The molecule has 1 rings (SSSR count). The topological polar surface area (TPSA) is 9.23 Å². The van der Waals surface area contributed by atoms with Gasteiger partial charge in [-0.1, -0.05) is 0 Å². The van der Waals surface area contributed by atoms with Crippen LogP contribution in [0.3, 0.4) is 0 Å². The summed E-state index contributed by atoms with van der Waals surface area (Å²) in [7, 11) is 0. The van der Waals surface area contributed by atoms with Crippen LogP contribution in [0, 0.1) is 19.7 Å². The summed E-state index contributed by atoms with van der Waals surface area (Å²) in [4.78, 5) is 0. The molecule has 66 valence electrons. The van der Waals surface area contributed by atoms with E-state index in [1.54, 1.807) is 19.9 Å². The average Bonchev–Trinajstić information content (AvgIpc) is 2.01. The van der Waals surface area contributed by atoms with Gasteiger partial charge < -0.3 is 4.74 Å². The zero-order valence-corrected chi connectivity index (χ0v) is 7.03. The van der Waals surface area contributed by atoms with Gasteiger partial charge in [0.2, 0.25) is 6.86 Å². The minimum absolute atomic E-state index is 0.234. The van der Waals surface area contributed by atoms with Crippen molar-refractivity contribution in [3.8, 4) is 5.75 Å².